The first-order valence-electron chi connectivity index (χ1n) is 19.5. The number of phenolic OH excluding ortho intramolecular Hbond substituents is 2. The summed E-state index contributed by atoms with van der Waals surface area (Å²) in [5.74, 6) is -4.67. The number of carbonyl (C=O) groups excluding carboxylic acids is 1. The minimum Gasteiger partial charge on any atom is -0.505 e. The topological polar surface area (TPSA) is 448 Å². The number of aromatic carboxylic acids is 1. The second-order valence-corrected chi connectivity index (χ2v) is 17.2. The van der Waals surface area contributed by atoms with Gasteiger partial charge in [-0.3, -0.25) is 19.2 Å². The van der Waals surface area contributed by atoms with Gasteiger partial charge in [0.15, 0.2) is 22.9 Å². The molecule has 0 aliphatic heterocycles. The van der Waals surface area contributed by atoms with Gasteiger partial charge in [0.2, 0.25) is 5.91 Å². The lowest BCUT2D eigenvalue weighted by molar-refractivity contribution is -0.432. The maximum absolute atomic E-state index is 13.5. The molecular weight excluding hydrogens is 1060 g/mol. The molecule has 11 N–H and O–H groups in total. The van der Waals surface area contributed by atoms with E-state index in [1.165, 1.54) is 49.4 Å². The Labute approximate surface area is 418 Å². The van der Waals surface area contributed by atoms with E-state index in [4.69, 9.17) is 25.2 Å². The summed E-state index contributed by atoms with van der Waals surface area (Å²) in [5, 5.41) is 117. The fraction of sp³-hybridized carbons (Fsp3) is 0.132. The number of hydrogen-bond donors (Lipinski definition) is 11. The van der Waals surface area contributed by atoms with Crippen molar-refractivity contribution in [1.29, 1.82) is 0 Å². The molecule has 0 unspecified atom stereocenters. The lowest BCUT2D eigenvalue weighted by Crippen LogP contribution is -2.13. The Morgan fingerprint density at radius 2 is 1.25 bits per heavy atom. The second kappa shape index (κ2) is 25.5. The van der Waals surface area contributed by atoms with Crippen LogP contribution in [0.25, 0.3) is 16.5 Å². The van der Waals surface area contributed by atoms with E-state index in [0.29, 0.717) is 29.0 Å². The minimum absolute atomic E-state index is 0.000709. The van der Waals surface area contributed by atoms with Crippen molar-refractivity contribution >= 4 is 109 Å². The van der Waals surface area contributed by atoms with Crippen LogP contribution in [-0.4, -0.2) is 102 Å². The number of hydrogen-bond acceptors (Lipinski definition) is 29. The molecule has 0 saturated carbocycles. The van der Waals surface area contributed by atoms with Gasteiger partial charge >= 0.3 is 5.97 Å². The number of phenols is 2. The number of rotatable bonds is 25. The Hall–Kier alpha value is -7.17. The summed E-state index contributed by atoms with van der Waals surface area (Å²) in [6.45, 7) is -0.683. The third-order valence-electron chi connectivity index (χ3n) is 8.96. The maximum atomic E-state index is 13.5. The number of aliphatic hydroxyl groups excluding tert-OH is 2. The number of carbonyl (C=O) groups is 2. The Morgan fingerprint density at radius 3 is 1.81 bits per heavy atom. The van der Waals surface area contributed by atoms with Crippen molar-refractivity contribution in [2.75, 3.05) is 31.7 Å². The summed E-state index contributed by atoms with van der Waals surface area (Å²) < 4.78 is 61.2. The Kier molecular flexibility index (Phi) is 19.2. The Morgan fingerprint density at radius 1 is 0.699 bits per heavy atom. The second-order valence-electron chi connectivity index (χ2n) is 13.6. The number of aromatic hydroxyl groups is 2. The summed E-state index contributed by atoms with van der Waals surface area (Å²) in [4.78, 5) is 36.5. The number of nitrogens with one attached hydrogen (secondary N) is 2. The van der Waals surface area contributed by atoms with Crippen LogP contribution in [0.5, 0.6) is 23.0 Å². The molecule has 31 nitrogen and oxygen atoms in total. The number of nitrogens with zero attached hydrogens (tertiary/aromatic N) is 7. The van der Waals surface area contributed by atoms with Gasteiger partial charge in [-0.1, -0.05) is 15.1 Å². The van der Waals surface area contributed by atoms with Gasteiger partial charge in [0, 0.05) is 29.6 Å². The molecule has 6 aromatic rings. The van der Waals surface area contributed by atoms with E-state index in [1.54, 1.807) is 0 Å². The monoisotopic (exact) mass is 1100 g/mol. The van der Waals surface area contributed by atoms with Gasteiger partial charge in [0.05, 0.1) is 70.2 Å². The standard InChI is InChI=1S/C38H33N9O22S4/c1-17(50)39-19-2-7-22(27(14-19)71-68-65-57)40-44-32-29(73(59,60)61)13-18-12-28(72-69-66-58)31(35(51)30(18)36(32)52)43-41-23-15-26(63-11-9-49)24(16-25(23)62-10-8-48)42-45-33-34(38(54)55)46-47(37(33)53)20-3-5-21(6-4-20)70-67-64-56/h2-7,12-16,46,48-49,51-52,56-58H,8-11H2,1H3,(H,39,50)(H,54,55)(H,59,60,61). The van der Waals surface area contributed by atoms with Crippen LogP contribution >= 0.6 is 36.1 Å². The van der Waals surface area contributed by atoms with Gasteiger partial charge in [-0.2, -0.15) is 8.42 Å². The SMILES string of the molecule is CC(=O)Nc1ccc(N=Nc2c(S(=O)(=O)O)cc3cc(SOOO)c(N=Nc4cc(OCCO)c(N=Nc5c(C(=O)O)[nH]n(-c6ccc(SOOO)cc6)c5=O)cc4OCCO)c(O)c3c2O)c(SOOO)c1. The molecule has 6 rings (SSSR count). The summed E-state index contributed by atoms with van der Waals surface area (Å²) in [7, 11) is -5.27. The van der Waals surface area contributed by atoms with Gasteiger partial charge in [-0.25, -0.2) is 25.2 Å². The Bertz CT molecular complexity index is 3270. The first-order valence-corrected chi connectivity index (χ1v) is 23.2. The Balaban J connectivity index is 1.47. The van der Waals surface area contributed by atoms with E-state index in [1.807, 2.05) is 0 Å². The van der Waals surface area contributed by atoms with Crippen LogP contribution in [0.4, 0.5) is 39.8 Å². The van der Waals surface area contributed by atoms with Crippen molar-refractivity contribution in [3.05, 3.63) is 82.8 Å². The van der Waals surface area contributed by atoms with Crippen LogP contribution in [0.15, 0.2) is 122 Å². The van der Waals surface area contributed by atoms with E-state index in [-0.39, 0.29) is 73.8 Å². The highest BCUT2D eigenvalue weighted by molar-refractivity contribution is 7.95. The zero-order valence-electron chi connectivity index (χ0n) is 36.3. The number of carboxylic acid groups (broad SMARTS) is 1. The molecule has 0 atom stereocenters. The van der Waals surface area contributed by atoms with Crippen molar-refractivity contribution in [3.63, 3.8) is 0 Å². The van der Waals surface area contributed by atoms with Crippen molar-refractivity contribution in [2.45, 2.75) is 26.5 Å². The number of aromatic amines is 1. The summed E-state index contributed by atoms with van der Waals surface area (Å²) >= 11 is 1.17. The molecule has 1 heterocycles. The third kappa shape index (κ3) is 13.7. The molecular formula is C38H33N9O22S4. The number of amides is 1. The van der Waals surface area contributed by atoms with Crippen LogP contribution in [0.2, 0.25) is 0 Å². The highest BCUT2D eigenvalue weighted by atomic mass is 32.2. The molecule has 0 fully saturated rings. The van der Waals surface area contributed by atoms with Crippen molar-refractivity contribution in [2.24, 2.45) is 30.7 Å². The number of anilines is 1. The highest BCUT2D eigenvalue weighted by Crippen LogP contribution is 2.52. The molecule has 5 aromatic carbocycles. The lowest BCUT2D eigenvalue weighted by Gasteiger charge is -2.14. The number of aliphatic hydroxyl groups is 2. The minimum atomic E-state index is -5.27. The first kappa shape index (κ1) is 55.1. The molecule has 0 spiro atoms. The summed E-state index contributed by atoms with van der Waals surface area (Å²) in [6, 6.07) is 13.6. The molecule has 0 radical (unpaired) electrons. The van der Waals surface area contributed by atoms with E-state index >= 15 is 0 Å². The highest BCUT2D eigenvalue weighted by Gasteiger charge is 2.28. The molecule has 73 heavy (non-hydrogen) atoms. The number of benzene rings is 5. The molecule has 0 aliphatic carbocycles. The number of carboxylic acids is 1. The average Bonchev–Trinajstić information content (AvgIpc) is 3.69. The zero-order chi connectivity index (χ0) is 52.8. The number of fused-ring (bicyclic) bond motifs is 1. The first-order chi connectivity index (χ1) is 35.0. The number of azo groups is 3. The smallest absolute Gasteiger partial charge is 0.356 e. The van der Waals surface area contributed by atoms with E-state index in [9.17, 15) is 52.9 Å². The van der Waals surface area contributed by atoms with Crippen LogP contribution < -0.4 is 20.3 Å². The quantitative estimate of drug-likeness (QED) is 0.00852. The number of H-pyrrole nitrogens is 1. The van der Waals surface area contributed by atoms with Crippen LogP contribution in [0.3, 0.4) is 0 Å². The predicted octanol–water partition coefficient (Wildman–Crippen LogP) is 7.91. The van der Waals surface area contributed by atoms with Crippen molar-refractivity contribution < 1.29 is 101 Å². The van der Waals surface area contributed by atoms with Crippen LogP contribution in [0, 0.1) is 0 Å². The summed E-state index contributed by atoms with van der Waals surface area (Å²) in [5.41, 5.74) is -4.24. The normalized spacial score (nSPS) is 11.9. The molecule has 35 heteroatoms. The van der Waals surface area contributed by atoms with Crippen molar-refractivity contribution in [1.82, 2.24) is 9.78 Å². The van der Waals surface area contributed by atoms with E-state index in [0.717, 1.165) is 28.9 Å². The molecule has 0 bridgehead atoms. The zero-order valence-corrected chi connectivity index (χ0v) is 39.5. The van der Waals surface area contributed by atoms with Gasteiger partial charge < -0.3 is 40.3 Å². The van der Waals surface area contributed by atoms with Gasteiger partial charge in [-0.05, 0) is 60.0 Å². The van der Waals surface area contributed by atoms with E-state index < -0.39 is 91.9 Å². The third-order valence-corrected chi connectivity index (χ3v) is 11.7. The van der Waals surface area contributed by atoms with Crippen molar-refractivity contribution in [3.8, 4) is 28.7 Å². The largest absolute Gasteiger partial charge is 0.505 e. The van der Waals surface area contributed by atoms with Crippen LogP contribution in [0.1, 0.15) is 17.4 Å². The van der Waals surface area contributed by atoms with E-state index in [2.05, 4.69) is 69.2 Å². The molecule has 0 saturated heterocycles. The lowest BCUT2D eigenvalue weighted by atomic mass is 10.1. The summed E-state index contributed by atoms with van der Waals surface area (Å²) in [6.07, 6.45) is 0. The van der Waals surface area contributed by atoms with Gasteiger partial charge in [0.25, 0.3) is 15.7 Å². The maximum Gasteiger partial charge on any atom is 0.356 e. The predicted molar refractivity (Wildman–Crippen MR) is 247 cm³/mol. The fourth-order valence-electron chi connectivity index (χ4n) is 6.07. The van der Waals surface area contributed by atoms with Crippen LogP contribution in [-0.2, 0) is 43.0 Å². The number of ether oxygens (including phenoxy) is 2. The fourth-order valence-corrected chi connectivity index (χ4v) is 8.05. The molecule has 0 aliphatic rings. The molecule has 386 valence electrons. The average molecular weight is 1100 g/mol. The molecule has 1 aromatic heterocycles. The number of aromatic nitrogens is 2. The van der Waals surface area contributed by atoms with Gasteiger partial charge in [0.1, 0.15) is 58.0 Å². The van der Waals surface area contributed by atoms with Gasteiger partial charge in [-0.15, -0.1) is 43.7 Å². The molecule has 1 amide bonds.